The Morgan fingerprint density at radius 3 is 1.33 bits per heavy atom. The number of fused-ring (bicyclic) bond motifs is 2. The number of rotatable bonds is 8. The van der Waals surface area contributed by atoms with Crippen molar-refractivity contribution in [1.29, 1.82) is 0 Å². The molecule has 0 fully saturated rings. The number of nitro benzene ring substituents is 1. The zero-order valence-corrected chi connectivity index (χ0v) is 25.9. The molecule has 16 heteroatoms. The third kappa shape index (κ3) is 7.31. The van der Waals surface area contributed by atoms with Crippen molar-refractivity contribution < 1.29 is 53.8 Å². The van der Waals surface area contributed by atoms with E-state index in [1.54, 1.807) is 34.5 Å². The first-order chi connectivity index (χ1) is 21.4. The maximum atomic E-state index is 11.8. The van der Waals surface area contributed by atoms with Crippen LogP contribution in [-0.4, -0.2) is 40.5 Å². The van der Waals surface area contributed by atoms with E-state index in [0.717, 1.165) is 28.1 Å². The molecule has 0 N–H and O–H groups in total. The normalized spacial score (nSPS) is 13.9. The number of benzene rings is 4. The Hall–Kier alpha value is -4.91. The second kappa shape index (κ2) is 11.8. The summed E-state index contributed by atoms with van der Waals surface area (Å²) in [6, 6.07) is 21.6. The molecule has 9 nitrogen and oxygen atoms in total. The van der Waals surface area contributed by atoms with E-state index in [0.29, 0.717) is 34.4 Å². The number of halogens is 6. The van der Waals surface area contributed by atoms with Gasteiger partial charge in [-0.1, -0.05) is 18.2 Å². The number of non-ortho nitro benzene ring substituents is 1. The van der Waals surface area contributed by atoms with Crippen LogP contribution in [0.15, 0.2) is 72.8 Å². The molecule has 0 saturated carbocycles. The summed E-state index contributed by atoms with van der Waals surface area (Å²) in [6.45, 7) is 0. The van der Waals surface area contributed by atoms with E-state index in [-0.39, 0.29) is 5.69 Å². The number of nitro groups is 1. The molecule has 0 atom stereocenters. The van der Waals surface area contributed by atoms with Gasteiger partial charge < -0.3 is 28.6 Å². The number of hydrogen-bond donors (Lipinski definition) is 0. The van der Waals surface area contributed by atoms with Crippen LogP contribution in [0.3, 0.4) is 0 Å². The van der Waals surface area contributed by atoms with Crippen LogP contribution in [0.2, 0.25) is 0 Å². The van der Waals surface area contributed by atoms with Gasteiger partial charge in [0.2, 0.25) is 0 Å². The van der Waals surface area contributed by atoms with Gasteiger partial charge in [-0.2, -0.15) is 0 Å². The van der Waals surface area contributed by atoms with E-state index in [9.17, 15) is 35.3 Å². The molecule has 0 unspecified atom stereocenters. The molecule has 0 spiro atoms. The Morgan fingerprint density at radius 2 is 0.957 bits per heavy atom. The second-order valence-corrected chi connectivity index (χ2v) is 11.6. The first kappa shape index (κ1) is 34.0. The monoisotopic (exact) mass is 673 g/mol. The fraction of sp³-hybridized carbons (Fsp3) is 0.200. The average molecular weight is 674 g/mol. The van der Waals surface area contributed by atoms with Crippen molar-refractivity contribution in [2.75, 3.05) is 40.4 Å². The average Bonchev–Trinajstić information content (AvgIpc) is 3.00. The van der Waals surface area contributed by atoms with Gasteiger partial charge in [-0.05, 0) is 42.5 Å². The van der Waals surface area contributed by atoms with Crippen LogP contribution < -0.4 is 28.6 Å². The van der Waals surface area contributed by atoms with Gasteiger partial charge in [0.25, 0.3) is 5.69 Å². The molecular formula is C30H28F6N2O7P-. The number of hydrogen-bond acceptors (Lipinski definition) is 8. The summed E-state index contributed by atoms with van der Waals surface area (Å²) < 4.78 is 88.4. The van der Waals surface area contributed by atoms with Crippen molar-refractivity contribution in [2.45, 2.75) is 5.92 Å². The Morgan fingerprint density at radius 1 is 0.587 bits per heavy atom. The molecule has 46 heavy (non-hydrogen) atoms. The molecule has 0 saturated heterocycles. The molecule has 5 rings (SSSR count). The third-order valence-electron chi connectivity index (χ3n) is 6.95. The molecule has 0 bridgehead atoms. The van der Waals surface area contributed by atoms with Crippen molar-refractivity contribution >= 4 is 30.6 Å². The summed E-state index contributed by atoms with van der Waals surface area (Å²) in [5, 5.41) is 11.8. The van der Waals surface area contributed by atoms with Gasteiger partial charge in [-0.3, -0.25) is 10.1 Å². The molecule has 0 amide bonds. The second-order valence-electron chi connectivity index (χ2n) is 9.70. The van der Waals surface area contributed by atoms with Crippen LogP contribution in [0.1, 0.15) is 22.6 Å². The molecule has 4 aromatic carbocycles. The predicted octanol–water partition coefficient (Wildman–Crippen LogP) is 9.98. The summed E-state index contributed by atoms with van der Waals surface area (Å²) in [5.41, 5.74) is 4.37. The van der Waals surface area contributed by atoms with Gasteiger partial charge in [-0.25, -0.2) is 0 Å². The van der Waals surface area contributed by atoms with Crippen molar-refractivity contribution in [3.63, 3.8) is 0 Å². The fourth-order valence-corrected chi connectivity index (χ4v) is 5.34. The summed E-state index contributed by atoms with van der Waals surface area (Å²) in [5.74, 6) is 2.54. The van der Waals surface area contributed by atoms with Gasteiger partial charge in [-0.15, -0.1) is 0 Å². The summed E-state index contributed by atoms with van der Waals surface area (Å²) in [6.07, 6.45) is 0. The first-order valence-corrected chi connectivity index (χ1v) is 15.2. The van der Waals surface area contributed by atoms with E-state index in [4.69, 9.17) is 23.7 Å². The van der Waals surface area contributed by atoms with Crippen molar-refractivity contribution in [2.24, 2.45) is 0 Å². The molecule has 1 heterocycles. The molecule has 4 aromatic rings. The Bertz CT molecular complexity index is 1700. The molecule has 248 valence electrons. The number of nitrogens with zero attached hydrogens (tertiary/aromatic N) is 2. The number of anilines is 3. The number of methoxy groups -OCH3 is 5. The minimum atomic E-state index is -10.7. The van der Waals surface area contributed by atoms with Gasteiger partial charge in [0.15, 0.2) is 0 Å². The van der Waals surface area contributed by atoms with Gasteiger partial charge in [0.1, 0.15) is 28.7 Å². The van der Waals surface area contributed by atoms with E-state index >= 15 is 0 Å². The van der Waals surface area contributed by atoms with Crippen LogP contribution in [0, 0.1) is 10.1 Å². The van der Waals surface area contributed by atoms with Crippen molar-refractivity contribution in [1.82, 2.24) is 0 Å². The van der Waals surface area contributed by atoms with Gasteiger partial charge >= 0.3 is 33.0 Å². The molecule has 0 radical (unpaired) electrons. The van der Waals surface area contributed by atoms with E-state index < -0.39 is 18.6 Å². The van der Waals surface area contributed by atoms with E-state index in [1.165, 1.54) is 19.2 Å². The summed E-state index contributed by atoms with van der Waals surface area (Å²) in [7, 11) is -2.66. The van der Waals surface area contributed by atoms with Crippen molar-refractivity contribution in [3.8, 4) is 28.7 Å². The molecule has 1 aliphatic heterocycles. The Kier molecular flexibility index (Phi) is 8.71. The van der Waals surface area contributed by atoms with Crippen molar-refractivity contribution in [3.05, 3.63) is 99.6 Å². The standard InChI is InChI=1S/C30H28N2O7.F6P/c1-35-22-16-15-18(32(33)34)17-21(22)31-19-9-6-11-23(36-2)27(19)30(28-20(31)10-7-12-24(28)37-3)29-25(38-4)13-8-14-26(29)39-5;1-7(2,3,4,5)6/h6-17,30H,1-5H3;/q;-1. The van der Waals surface area contributed by atoms with Crippen LogP contribution in [-0.2, 0) is 0 Å². The molecular weight excluding hydrogens is 645 g/mol. The predicted molar refractivity (Wildman–Crippen MR) is 161 cm³/mol. The summed E-state index contributed by atoms with van der Waals surface area (Å²) >= 11 is 0. The zero-order chi connectivity index (χ0) is 34.1. The number of ether oxygens (including phenoxy) is 5. The van der Waals surface area contributed by atoms with E-state index in [1.807, 2.05) is 59.5 Å². The zero-order valence-electron chi connectivity index (χ0n) is 25.0. The molecule has 1 aliphatic rings. The molecule has 0 aliphatic carbocycles. The maximum absolute atomic E-state index is 11.8. The SMILES string of the molecule is COc1ccc([N+](=O)[O-])cc1N1c2cccc(OC)c2C(c2c(OC)cccc2OC)c2c(OC)cccc21.F[P-](F)(F)(F)(F)F. The minimum absolute atomic E-state index is 0.0618. The fourth-order valence-electron chi connectivity index (χ4n) is 5.34. The van der Waals surface area contributed by atoms with Crippen LogP contribution >= 0.6 is 7.81 Å². The van der Waals surface area contributed by atoms with Gasteiger partial charge in [0, 0.05) is 28.8 Å². The summed E-state index contributed by atoms with van der Waals surface area (Å²) in [4.78, 5) is 13.3. The Balaban J connectivity index is 0.000000617. The van der Waals surface area contributed by atoms with Crippen LogP contribution in [0.4, 0.5) is 47.9 Å². The first-order valence-electron chi connectivity index (χ1n) is 13.2. The third-order valence-corrected chi connectivity index (χ3v) is 6.95. The van der Waals surface area contributed by atoms with E-state index in [2.05, 4.69) is 0 Å². The Labute approximate surface area is 259 Å². The topological polar surface area (TPSA) is 92.5 Å². The van der Waals surface area contributed by atoms with Gasteiger partial charge in [0.05, 0.1) is 63.5 Å². The van der Waals surface area contributed by atoms with Crippen LogP contribution in [0.25, 0.3) is 0 Å². The quantitative estimate of drug-likeness (QED) is 0.0696. The molecule has 0 aromatic heterocycles. The van der Waals surface area contributed by atoms with Crippen LogP contribution in [0.5, 0.6) is 28.7 Å².